The number of likely N-dealkylation sites (tertiary alicyclic amines) is 1. The second-order valence-electron chi connectivity index (χ2n) is 7.50. The molecule has 0 spiro atoms. The number of guanidine groups is 1. The van der Waals surface area contributed by atoms with Crippen LogP contribution in [0.3, 0.4) is 0 Å². The average molecular weight is 556 g/mol. The molecular formula is C23H34IN5OS. The number of halogens is 1. The van der Waals surface area contributed by atoms with Crippen molar-refractivity contribution in [1.82, 2.24) is 20.5 Å². The van der Waals surface area contributed by atoms with Gasteiger partial charge in [-0.1, -0.05) is 19.1 Å². The van der Waals surface area contributed by atoms with Crippen molar-refractivity contribution in [3.8, 4) is 0 Å². The molecule has 2 N–H and O–H groups in total. The fraction of sp³-hybridized carbons (Fsp3) is 0.522. The molecule has 170 valence electrons. The maximum Gasteiger partial charge on any atom is 0.253 e. The van der Waals surface area contributed by atoms with Gasteiger partial charge in [-0.15, -0.1) is 35.3 Å². The maximum absolute atomic E-state index is 12.6. The van der Waals surface area contributed by atoms with Gasteiger partial charge >= 0.3 is 0 Å². The molecule has 0 bridgehead atoms. The summed E-state index contributed by atoms with van der Waals surface area (Å²) in [6.07, 6.45) is 7.35. The Bertz CT molecular complexity index is 831. The van der Waals surface area contributed by atoms with Crippen molar-refractivity contribution in [2.75, 3.05) is 26.2 Å². The van der Waals surface area contributed by atoms with Gasteiger partial charge in [-0.3, -0.25) is 4.79 Å². The highest BCUT2D eigenvalue weighted by molar-refractivity contribution is 14.0. The third-order valence-electron chi connectivity index (χ3n) is 5.19. The van der Waals surface area contributed by atoms with Crippen LogP contribution >= 0.6 is 35.3 Å². The lowest BCUT2D eigenvalue weighted by Crippen LogP contribution is -2.38. The zero-order chi connectivity index (χ0) is 21.2. The molecule has 6 nitrogen and oxygen atoms in total. The smallest absolute Gasteiger partial charge is 0.253 e. The van der Waals surface area contributed by atoms with E-state index in [1.54, 1.807) is 11.3 Å². The predicted octanol–water partition coefficient (Wildman–Crippen LogP) is 4.25. The number of thiazole rings is 1. The predicted molar refractivity (Wildman–Crippen MR) is 140 cm³/mol. The number of carbonyl (C=O) groups excluding carboxylic acids is 1. The summed E-state index contributed by atoms with van der Waals surface area (Å²) in [6, 6.07) is 7.87. The highest BCUT2D eigenvalue weighted by Gasteiger charge is 2.17. The number of nitrogens with one attached hydrogen (secondary N) is 2. The molecule has 1 aliphatic heterocycles. The van der Waals surface area contributed by atoms with E-state index >= 15 is 0 Å². The fourth-order valence-electron chi connectivity index (χ4n) is 3.46. The minimum Gasteiger partial charge on any atom is -0.357 e. The molecule has 1 aromatic carbocycles. The first kappa shape index (κ1) is 25.6. The van der Waals surface area contributed by atoms with Crippen molar-refractivity contribution in [3.63, 3.8) is 0 Å². The molecule has 0 radical (unpaired) electrons. The van der Waals surface area contributed by atoms with E-state index in [1.165, 1.54) is 11.3 Å². The van der Waals surface area contributed by atoms with Crippen LogP contribution in [0.25, 0.3) is 0 Å². The van der Waals surface area contributed by atoms with E-state index < -0.39 is 0 Å². The molecule has 1 aliphatic rings. The molecule has 1 aromatic heterocycles. The number of rotatable bonds is 8. The van der Waals surface area contributed by atoms with E-state index in [9.17, 15) is 4.79 Å². The first-order valence-corrected chi connectivity index (χ1v) is 11.8. The van der Waals surface area contributed by atoms with Crippen LogP contribution in [0.2, 0.25) is 0 Å². The van der Waals surface area contributed by atoms with Crippen molar-refractivity contribution < 1.29 is 4.79 Å². The number of hydrogen-bond acceptors (Lipinski definition) is 4. The van der Waals surface area contributed by atoms with Gasteiger partial charge in [0.25, 0.3) is 5.91 Å². The first-order chi connectivity index (χ1) is 14.7. The van der Waals surface area contributed by atoms with E-state index in [4.69, 9.17) is 0 Å². The van der Waals surface area contributed by atoms with Gasteiger partial charge in [-0.2, -0.15) is 0 Å². The zero-order valence-electron chi connectivity index (χ0n) is 18.5. The second-order valence-corrected chi connectivity index (χ2v) is 8.70. The van der Waals surface area contributed by atoms with Gasteiger partial charge in [-0.25, -0.2) is 9.98 Å². The van der Waals surface area contributed by atoms with E-state index in [-0.39, 0.29) is 29.9 Å². The Morgan fingerprint density at radius 3 is 2.52 bits per heavy atom. The monoisotopic (exact) mass is 555 g/mol. The summed E-state index contributed by atoms with van der Waals surface area (Å²) < 4.78 is 0. The first-order valence-electron chi connectivity index (χ1n) is 11.0. The molecule has 0 saturated carbocycles. The van der Waals surface area contributed by atoms with Gasteiger partial charge in [0.2, 0.25) is 0 Å². The van der Waals surface area contributed by atoms with E-state index in [1.807, 2.05) is 35.4 Å². The molecule has 31 heavy (non-hydrogen) atoms. The number of amides is 1. The number of nitrogens with zero attached hydrogens (tertiary/aromatic N) is 3. The van der Waals surface area contributed by atoms with Crippen molar-refractivity contribution >= 4 is 47.2 Å². The molecule has 0 aliphatic carbocycles. The Kier molecular flexibility index (Phi) is 11.3. The third kappa shape index (κ3) is 8.07. The Morgan fingerprint density at radius 2 is 1.87 bits per heavy atom. The lowest BCUT2D eigenvalue weighted by Gasteiger charge is -2.26. The van der Waals surface area contributed by atoms with Crippen LogP contribution in [0.1, 0.15) is 58.9 Å². The summed E-state index contributed by atoms with van der Waals surface area (Å²) in [5.74, 6) is 0.950. The molecule has 1 amide bonds. The molecule has 1 fully saturated rings. The number of aromatic nitrogens is 1. The number of aliphatic imine (C=N–C) groups is 1. The van der Waals surface area contributed by atoms with Crippen LogP contribution < -0.4 is 10.6 Å². The summed E-state index contributed by atoms with van der Waals surface area (Å²) in [6.45, 7) is 8.16. The molecule has 0 unspecified atom stereocenters. The topological polar surface area (TPSA) is 69.6 Å². The van der Waals surface area contributed by atoms with Gasteiger partial charge in [0.15, 0.2) is 5.96 Å². The number of aryl methyl sites for hydroxylation is 1. The fourth-order valence-corrected chi connectivity index (χ4v) is 4.32. The normalized spacial score (nSPS) is 14.1. The van der Waals surface area contributed by atoms with Crippen LogP contribution in [0.4, 0.5) is 0 Å². The largest absolute Gasteiger partial charge is 0.357 e. The minimum absolute atomic E-state index is 0. The van der Waals surface area contributed by atoms with Gasteiger partial charge in [0.05, 0.1) is 11.6 Å². The van der Waals surface area contributed by atoms with Gasteiger partial charge in [0, 0.05) is 49.2 Å². The SMILES string of the molecule is CCNC(=NCc1ccc(C(=O)N2CCCCC2)cc1)NCCc1ncc(CC)s1.I. The van der Waals surface area contributed by atoms with Crippen LogP contribution in [0, 0.1) is 0 Å². The zero-order valence-corrected chi connectivity index (χ0v) is 21.7. The molecule has 8 heteroatoms. The van der Waals surface area contributed by atoms with Crippen molar-refractivity contribution in [1.29, 1.82) is 0 Å². The van der Waals surface area contributed by atoms with Crippen LogP contribution in [-0.2, 0) is 19.4 Å². The lowest BCUT2D eigenvalue weighted by molar-refractivity contribution is 0.0724. The highest BCUT2D eigenvalue weighted by atomic mass is 127. The molecule has 3 rings (SSSR count). The second kappa shape index (κ2) is 13.7. The van der Waals surface area contributed by atoms with Gasteiger partial charge in [0.1, 0.15) is 0 Å². The summed E-state index contributed by atoms with van der Waals surface area (Å²) in [5.41, 5.74) is 1.86. The minimum atomic E-state index is 0. The van der Waals surface area contributed by atoms with Crippen molar-refractivity contribution in [2.45, 2.75) is 52.5 Å². The van der Waals surface area contributed by atoms with Gasteiger partial charge < -0.3 is 15.5 Å². The van der Waals surface area contributed by atoms with E-state index in [2.05, 4.69) is 34.5 Å². The van der Waals surface area contributed by atoms with Crippen molar-refractivity contribution in [2.24, 2.45) is 4.99 Å². The molecular weight excluding hydrogens is 521 g/mol. The highest BCUT2D eigenvalue weighted by Crippen LogP contribution is 2.15. The molecule has 0 atom stereocenters. The lowest BCUT2D eigenvalue weighted by atomic mass is 10.1. The summed E-state index contributed by atoms with van der Waals surface area (Å²) in [7, 11) is 0. The standard InChI is InChI=1S/C23H33N5OS.HI/c1-3-20-17-26-21(30-20)12-13-25-23(24-4-2)27-16-18-8-10-19(11-9-18)22(29)28-14-6-5-7-15-28;/h8-11,17H,3-7,12-16H2,1-2H3,(H2,24,25,27);1H. The Morgan fingerprint density at radius 1 is 1.13 bits per heavy atom. The van der Waals surface area contributed by atoms with Crippen LogP contribution in [0.15, 0.2) is 35.5 Å². The number of piperidine rings is 1. The van der Waals surface area contributed by atoms with Crippen molar-refractivity contribution in [3.05, 3.63) is 51.5 Å². The third-order valence-corrected chi connectivity index (χ3v) is 6.39. The molecule has 2 aromatic rings. The number of benzene rings is 1. The Balaban J connectivity index is 0.00000341. The maximum atomic E-state index is 12.6. The average Bonchev–Trinajstić information content (AvgIpc) is 3.26. The van der Waals surface area contributed by atoms with E-state index in [0.717, 1.165) is 74.0 Å². The molecule has 2 heterocycles. The van der Waals surface area contributed by atoms with Gasteiger partial charge in [-0.05, 0) is 50.3 Å². The molecule has 1 saturated heterocycles. The summed E-state index contributed by atoms with van der Waals surface area (Å²) in [5, 5.41) is 7.83. The Hall–Kier alpha value is -1.68. The number of carbonyl (C=O) groups is 1. The summed E-state index contributed by atoms with van der Waals surface area (Å²) >= 11 is 1.78. The Labute approximate surface area is 207 Å². The summed E-state index contributed by atoms with van der Waals surface area (Å²) in [4.78, 5) is 25.0. The number of hydrogen-bond donors (Lipinski definition) is 2. The van der Waals surface area contributed by atoms with E-state index in [0.29, 0.717) is 6.54 Å². The quantitative estimate of drug-likeness (QED) is 0.291. The van der Waals surface area contributed by atoms with Crippen LogP contribution in [-0.4, -0.2) is 47.9 Å². The van der Waals surface area contributed by atoms with Crippen LogP contribution in [0.5, 0.6) is 0 Å².